The minimum atomic E-state index is -0.436. The van der Waals surface area contributed by atoms with Crippen LogP contribution in [0.5, 0.6) is 5.75 Å². The fraction of sp³-hybridized carbons (Fsp3) is 0.588. The van der Waals surface area contributed by atoms with Crippen molar-refractivity contribution in [3.8, 4) is 5.75 Å². The highest BCUT2D eigenvalue weighted by Gasteiger charge is 2.19. The van der Waals surface area contributed by atoms with E-state index in [1.807, 2.05) is 0 Å². The highest BCUT2D eigenvalue weighted by atomic mass is 35.5. The first-order chi connectivity index (χ1) is 11.2. The molecule has 3 rings (SSSR count). The second kappa shape index (κ2) is 9.20. The Hall–Kier alpha value is -1.37. The Bertz CT molecular complexity index is 547. The SMILES string of the molecule is Cl.O=C(CC1COCCN1)Nc1ccc(OC2CCCC2)c(F)c1. The first-order valence-corrected chi connectivity index (χ1v) is 8.28. The molecular weight excluding hydrogens is 335 g/mol. The van der Waals surface area contributed by atoms with E-state index in [4.69, 9.17) is 9.47 Å². The van der Waals surface area contributed by atoms with Gasteiger partial charge < -0.3 is 20.1 Å². The number of nitrogens with one attached hydrogen (secondary N) is 2. The standard InChI is InChI=1S/C17H23FN2O3.ClH/c18-15-9-12(5-6-16(15)23-14-3-1-2-4-14)20-17(21)10-13-11-22-8-7-19-13;/h5-6,9,13-14,19H,1-4,7-8,10-11H2,(H,20,21);1H. The number of halogens is 2. The van der Waals surface area contributed by atoms with E-state index in [0.29, 0.717) is 25.3 Å². The van der Waals surface area contributed by atoms with Crippen LogP contribution < -0.4 is 15.4 Å². The third-order valence-electron chi connectivity index (χ3n) is 4.24. The fourth-order valence-electron chi connectivity index (χ4n) is 3.05. The zero-order valence-electron chi connectivity index (χ0n) is 13.6. The van der Waals surface area contributed by atoms with Crippen LogP contribution >= 0.6 is 12.4 Å². The molecule has 1 saturated carbocycles. The van der Waals surface area contributed by atoms with Gasteiger partial charge >= 0.3 is 0 Å². The third-order valence-corrected chi connectivity index (χ3v) is 4.24. The Morgan fingerprint density at radius 3 is 2.83 bits per heavy atom. The van der Waals surface area contributed by atoms with Gasteiger partial charge in [0.25, 0.3) is 0 Å². The quantitative estimate of drug-likeness (QED) is 0.849. The van der Waals surface area contributed by atoms with Gasteiger partial charge in [0.15, 0.2) is 11.6 Å². The lowest BCUT2D eigenvalue weighted by molar-refractivity contribution is -0.117. The van der Waals surface area contributed by atoms with Gasteiger partial charge in [-0.25, -0.2) is 4.39 Å². The molecule has 1 aliphatic carbocycles. The highest BCUT2D eigenvalue weighted by Crippen LogP contribution is 2.27. The molecule has 5 nitrogen and oxygen atoms in total. The van der Waals surface area contributed by atoms with Crippen molar-refractivity contribution in [2.75, 3.05) is 25.1 Å². The summed E-state index contributed by atoms with van der Waals surface area (Å²) in [5.41, 5.74) is 0.447. The maximum Gasteiger partial charge on any atom is 0.226 e. The summed E-state index contributed by atoms with van der Waals surface area (Å²) in [4.78, 5) is 12.0. The second-order valence-corrected chi connectivity index (χ2v) is 6.15. The monoisotopic (exact) mass is 358 g/mol. The summed E-state index contributed by atoms with van der Waals surface area (Å²) in [5.74, 6) is -0.331. The van der Waals surface area contributed by atoms with E-state index in [0.717, 1.165) is 32.2 Å². The normalized spacial score (nSPS) is 21.1. The third kappa shape index (κ3) is 5.33. The number of anilines is 1. The summed E-state index contributed by atoms with van der Waals surface area (Å²) in [6.45, 7) is 1.95. The molecule has 0 radical (unpaired) electrons. The van der Waals surface area contributed by atoms with Crippen LogP contribution in [0.2, 0.25) is 0 Å². The summed E-state index contributed by atoms with van der Waals surface area (Å²) in [6, 6.07) is 4.59. The Labute approximate surface area is 147 Å². The van der Waals surface area contributed by atoms with Crippen LogP contribution in [0.15, 0.2) is 18.2 Å². The van der Waals surface area contributed by atoms with E-state index in [-0.39, 0.29) is 36.2 Å². The molecule has 7 heteroatoms. The second-order valence-electron chi connectivity index (χ2n) is 6.15. The number of morpholine rings is 1. The topological polar surface area (TPSA) is 59.6 Å². The van der Waals surface area contributed by atoms with Crippen LogP contribution in [0, 0.1) is 5.82 Å². The van der Waals surface area contributed by atoms with Crippen LogP contribution in [0.1, 0.15) is 32.1 Å². The first-order valence-electron chi connectivity index (χ1n) is 8.28. The van der Waals surface area contributed by atoms with Gasteiger partial charge in [0.1, 0.15) is 0 Å². The molecule has 1 aromatic carbocycles. The van der Waals surface area contributed by atoms with Gasteiger partial charge in [-0.3, -0.25) is 4.79 Å². The van der Waals surface area contributed by atoms with Crippen molar-refractivity contribution in [1.29, 1.82) is 0 Å². The first kappa shape index (κ1) is 19.0. The lowest BCUT2D eigenvalue weighted by Gasteiger charge is -2.23. The summed E-state index contributed by atoms with van der Waals surface area (Å²) < 4.78 is 25.1. The molecule has 2 fully saturated rings. The predicted octanol–water partition coefficient (Wildman–Crippen LogP) is 2.89. The van der Waals surface area contributed by atoms with Crippen LogP contribution in [0.25, 0.3) is 0 Å². The van der Waals surface area contributed by atoms with E-state index in [2.05, 4.69) is 10.6 Å². The molecule has 0 spiro atoms. The summed E-state index contributed by atoms with van der Waals surface area (Å²) in [7, 11) is 0. The molecule has 2 N–H and O–H groups in total. The molecule has 24 heavy (non-hydrogen) atoms. The van der Waals surface area contributed by atoms with Crippen molar-refractivity contribution in [2.45, 2.75) is 44.2 Å². The molecular formula is C17H24ClFN2O3. The number of amides is 1. The Kier molecular flexibility index (Phi) is 7.27. The molecule has 134 valence electrons. The highest BCUT2D eigenvalue weighted by molar-refractivity contribution is 5.91. The van der Waals surface area contributed by atoms with Gasteiger partial charge in [0, 0.05) is 30.8 Å². The smallest absolute Gasteiger partial charge is 0.226 e. The van der Waals surface area contributed by atoms with Gasteiger partial charge in [-0.2, -0.15) is 0 Å². The molecule has 1 aromatic rings. The Balaban J connectivity index is 0.00000208. The molecule has 2 aliphatic rings. The zero-order valence-corrected chi connectivity index (χ0v) is 14.4. The Morgan fingerprint density at radius 1 is 1.38 bits per heavy atom. The lowest BCUT2D eigenvalue weighted by Crippen LogP contribution is -2.43. The van der Waals surface area contributed by atoms with Crippen molar-refractivity contribution in [3.63, 3.8) is 0 Å². The van der Waals surface area contributed by atoms with Gasteiger partial charge in [-0.1, -0.05) is 0 Å². The van der Waals surface area contributed by atoms with Crippen molar-refractivity contribution >= 4 is 24.0 Å². The van der Waals surface area contributed by atoms with Crippen molar-refractivity contribution in [3.05, 3.63) is 24.0 Å². The van der Waals surface area contributed by atoms with Crippen LogP contribution in [0.4, 0.5) is 10.1 Å². The number of rotatable bonds is 5. The molecule has 1 unspecified atom stereocenters. The van der Waals surface area contributed by atoms with Crippen molar-refractivity contribution < 1.29 is 18.7 Å². The van der Waals surface area contributed by atoms with Crippen LogP contribution in [-0.4, -0.2) is 37.8 Å². The van der Waals surface area contributed by atoms with E-state index in [9.17, 15) is 9.18 Å². The Morgan fingerprint density at radius 2 is 2.17 bits per heavy atom. The van der Waals surface area contributed by atoms with Crippen LogP contribution in [-0.2, 0) is 9.53 Å². The molecule has 1 amide bonds. The molecule has 1 aliphatic heterocycles. The number of hydrogen-bond acceptors (Lipinski definition) is 4. The zero-order chi connectivity index (χ0) is 16.1. The number of carbonyl (C=O) groups excluding carboxylic acids is 1. The maximum atomic E-state index is 14.1. The number of carbonyl (C=O) groups is 1. The molecule has 0 aromatic heterocycles. The van der Waals surface area contributed by atoms with Gasteiger partial charge in [-0.15, -0.1) is 12.4 Å². The summed E-state index contributed by atoms with van der Waals surface area (Å²) in [5, 5.41) is 5.94. The number of benzene rings is 1. The predicted molar refractivity (Wildman–Crippen MR) is 92.4 cm³/mol. The minimum Gasteiger partial charge on any atom is -0.487 e. The van der Waals surface area contributed by atoms with E-state index in [1.165, 1.54) is 6.07 Å². The van der Waals surface area contributed by atoms with Crippen molar-refractivity contribution in [1.82, 2.24) is 5.32 Å². The van der Waals surface area contributed by atoms with Gasteiger partial charge in [0.2, 0.25) is 5.91 Å². The average molecular weight is 359 g/mol. The summed E-state index contributed by atoms with van der Waals surface area (Å²) in [6.07, 6.45) is 4.66. The molecule has 1 atom stereocenters. The lowest BCUT2D eigenvalue weighted by atomic mass is 10.2. The molecule has 0 bridgehead atoms. The van der Waals surface area contributed by atoms with E-state index >= 15 is 0 Å². The average Bonchev–Trinajstić information content (AvgIpc) is 3.04. The summed E-state index contributed by atoms with van der Waals surface area (Å²) >= 11 is 0. The fourth-order valence-corrected chi connectivity index (χ4v) is 3.05. The van der Waals surface area contributed by atoms with Crippen molar-refractivity contribution in [2.24, 2.45) is 0 Å². The number of hydrogen-bond donors (Lipinski definition) is 2. The minimum absolute atomic E-state index is 0. The van der Waals surface area contributed by atoms with Gasteiger partial charge in [0.05, 0.1) is 19.3 Å². The van der Waals surface area contributed by atoms with Crippen LogP contribution in [0.3, 0.4) is 0 Å². The van der Waals surface area contributed by atoms with Gasteiger partial charge in [-0.05, 0) is 37.8 Å². The maximum absolute atomic E-state index is 14.1. The van der Waals surface area contributed by atoms with E-state index < -0.39 is 5.82 Å². The largest absolute Gasteiger partial charge is 0.487 e. The number of ether oxygens (including phenoxy) is 2. The molecule has 1 heterocycles. The molecule has 1 saturated heterocycles. The van der Waals surface area contributed by atoms with E-state index in [1.54, 1.807) is 12.1 Å².